The van der Waals surface area contributed by atoms with Crippen molar-refractivity contribution in [3.63, 3.8) is 0 Å². The van der Waals surface area contributed by atoms with Crippen LogP contribution in [0.3, 0.4) is 0 Å². The summed E-state index contributed by atoms with van der Waals surface area (Å²) in [6.45, 7) is 1.50. The Hall–Kier alpha value is -2.25. The van der Waals surface area contributed by atoms with Crippen molar-refractivity contribution in [2.75, 3.05) is 19.6 Å². The van der Waals surface area contributed by atoms with Crippen molar-refractivity contribution in [3.8, 4) is 0 Å². The van der Waals surface area contributed by atoms with Crippen molar-refractivity contribution in [2.24, 2.45) is 5.92 Å². The van der Waals surface area contributed by atoms with E-state index in [-0.39, 0.29) is 11.5 Å². The lowest BCUT2D eigenvalue weighted by Crippen LogP contribution is -2.37. The van der Waals surface area contributed by atoms with Gasteiger partial charge < -0.3 is 15.7 Å². The van der Waals surface area contributed by atoms with Crippen LogP contribution < -0.4 is 16.2 Å². The highest BCUT2D eigenvalue weighted by atomic mass is 16.3. The topological polar surface area (TPSA) is 95.7 Å². The summed E-state index contributed by atoms with van der Waals surface area (Å²) in [5.41, 5.74) is 0.0943. The summed E-state index contributed by atoms with van der Waals surface area (Å²) in [6.07, 6.45) is 2.39. The first-order chi connectivity index (χ1) is 10.2. The molecule has 0 saturated carbocycles. The van der Waals surface area contributed by atoms with Gasteiger partial charge in [0, 0.05) is 37.9 Å². The number of β-amino-alcohol motifs (C(OH)–C–C–N with tert-alkyl or cyclic N) is 1. The summed E-state index contributed by atoms with van der Waals surface area (Å²) >= 11 is 0. The van der Waals surface area contributed by atoms with Gasteiger partial charge in [-0.15, -0.1) is 0 Å². The largest absolute Gasteiger partial charge is 0.391 e. The van der Waals surface area contributed by atoms with Gasteiger partial charge in [0.2, 0.25) is 0 Å². The van der Waals surface area contributed by atoms with E-state index in [0.29, 0.717) is 25.3 Å². The molecule has 0 bridgehead atoms. The third kappa shape index (κ3) is 2.65. The Morgan fingerprint density at radius 1 is 1.48 bits per heavy atom. The molecule has 7 nitrogen and oxygen atoms in total. The summed E-state index contributed by atoms with van der Waals surface area (Å²) in [4.78, 5) is 28.4. The van der Waals surface area contributed by atoms with Crippen molar-refractivity contribution < 1.29 is 9.90 Å². The fourth-order valence-electron chi connectivity index (χ4n) is 2.43. The third-order valence-corrected chi connectivity index (χ3v) is 3.69. The van der Waals surface area contributed by atoms with Gasteiger partial charge in [0.05, 0.1) is 6.10 Å². The molecule has 1 fully saturated rings. The van der Waals surface area contributed by atoms with Crippen LogP contribution in [0.2, 0.25) is 0 Å². The van der Waals surface area contributed by atoms with E-state index in [1.165, 1.54) is 10.6 Å². The Balaban J connectivity index is 1.78. The lowest BCUT2D eigenvalue weighted by atomic mass is 10.1. The lowest BCUT2D eigenvalue weighted by molar-refractivity contribution is 0.0925. The number of nitrogens with zero attached hydrogens (tertiary/aromatic N) is 2. The van der Waals surface area contributed by atoms with Gasteiger partial charge in [0.15, 0.2) is 0 Å². The molecule has 2 atom stereocenters. The van der Waals surface area contributed by atoms with E-state index < -0.39 is 17.6 Å². The highest BCUT2D eigenvalue weighted by Gasteiger charge is 2.25. The third-order valence-electron chi connectivity index (χ3n) is 3.69. The standard InChI is InChI=1S/C14H16N4O3/c19-11-8-15-5-9(11)6-17-13(20)10-7-16-12-3-1-2-4-18(12)14(10)21/h1-4,7,9,11,15,19H,5-6,8H2,(H,17,20). The Kier molecular flexibility index (Phi) is 3.68. The van der Waals surface area contributed by atoms with Gasteiger partial charge in [0.1, 0.15) is 11.2 Å². The number of rotatable bonds is 3. The molecule has 0 aromatic carbocycles. The predicted molar refractivity (Wildman–Crippen MR) is 76.2 cm³/mol. The SMILES string of the molecule is O=C(NCC1CNCC1O)c1cnc2ccccn2c1=O. The van der Waals surface area contributed by atoms with Crippen LogP contribution in [0.15, 0.2) is 35.4 Å². The number of hydrogen-bond acceptors (Lipinski definition) is 5. The Morgan fingerprint density at radius 3 is 3.10 bits per heavy atom. The van der Waals surface area contributed by atoms with Gasteiger partial charge in [-0.1, -0.05) is 6.07 Å². The molecule has 3 N–H and O–H groups in total. The van der Waals surface area contributed by atoms with E-state index in [1.54, 1.807) is 24.4 Å². The van der Waals surface area contributed by atoms with E-state index >= 15 is 0 Å². The van der Waals surface area contributed by atoms with E-state index in [0.717, 1.165) is 0 Å². The molecule has 2 aromatic rings. The van der Waals surface area contributed by atoms with Crippen LogP contribution in [0, 0.1) is 5.92 Å². The monoisotopic (exact) mass is 288 g/mol. The maximum atomic E-state index is 12.2. The Labute approximate surface area is 120 Å². The second-order valence-corrected chi connectivity index (χ2v) is 5.10. The number of amides is 1. The van der Waals surface area contributed by atoms with Gasteiger partial charge >= 0.3 is 0 Å². The summed E-state index contributed by atoms with van der Waals surface area (Å²) in [5.74, 6) is -0.505. The van der Waals surface area contributed by atoms with E-state index in [1.807, 2.05) is 0 Å². The zero-order valence-electron chi connectivity index (χ0n) is 11.3. The molecular weight excluding hydrogens is 272 g/mol. The van der Waals surface area contributed by atoms with Crippen LogP contribution in [0.5, 0.6) is 0 Å². The average molecular weight is 288 g/mol. The van der Waals surface area contributed by atoms with E-state index in [2.05, 4.69) is 15.6 Å². The van der Waals surface area contributed by atoms with Crippen LogP contribution in [0.1, 0.15) is 10.4 Å². The molecule has 0 radical (unpaired) electrons. The molecule has 1 aliphatic heterocycles. The van der Waals surface area contributed by atoms with Gasteiger partial charge in [-0.3, -0.25) is 14.0 Å². The summed E-state index contributed by atoms with van der Waals surface area (Å²) in [5, 5.41) is 15.4. The van der Waals surface area contributed by atoms with Crippen molar-refractivity contribution in [2.45, 2.75) is 6.10 Å². The molecule has 7 heteroatoms. The van der Waals surface area contributed by atoms with Crippen LogP contribution in [-0.2, 0) is 0 Å². The van der Waals surface area contributed by atoms with Gasteiger partial charge in [-0.25, -0.2) is 4.98 Å². The van der Waals surface area contributed by atoms with Crippen molar-refractivity contribution >= 4 is 11.6 Å². The zero-order valence-corrected chi connectivity index (χ0v) is 11.3. The Bertz CT molecular complexity index is 727. The number of carbonyl (C=O) groups excluding carboxylic acids is 1. The van der Waals surface area contributed by atoms with Crippen molar-refractivity contribution in [1.82, 2.24) is 20.0 Å². The molecule has 21 heavy (non-hydrogen) atoms. The second kappa shape index (κ2) is 5.63. The number of carbonyl (C=O) groups is 1. The number of hydrogen-bond donors (Lipinski definition) is 3. The normalized spacial score (nSPS) is 21.6. The molecule has 2 unspecified atom stereocenters. The molecule has 2 aromatic heterocycles. The predicted octanol–water partition coefficient (Wildman–Crippen LogP) is -0.995. The molecule has 0 spiro atoms. The maximum absolute atomic E-state index is 12.2. The van der Waals surface area contributed by atoms with Gasteiger partial charge in [-0.2, -0.15) is 0 Å². The summed E-state index contributed by atoms with van der Waals surface area (Å²) in [7, 11) is 0. The fourth-order valence-corrected chi connectivity index (χ4v) is 2.43. The van der Waals surface area contributed by atoms with Gasteiger partial charge in [0.25, 0.3) is 11.5 Å². The molecule has 0 aliphatic carbocycles. The second-order valence-electron chi connectivity index (χ2n) is 5.10. The molecule has 1 aliphatic rings. The maximum Gasteiger partial charge on any atom is 0.270 e. The number of aromatic nitrogens is 2. The first-order valence-corrected chi connectivity index (χ1v) is 6.80. The number of aliphatic hydroxyl groups is 1. The van der Waals surface area contributed by atoms with Crippen LogP contribution in [0.25, 0.3) is 5.65 Å². The molecule has 1 saturated heterocycles. The van der Waals surface area contributed by atoms with Crippen molar-refractivity contribution in [3.05, 3.63) is 46.5 Å². The van der Waals surface area contributed by atoms with Crippen LogP contribution in [0.4, 0.5) is 0 Å². The summed E-state index contributed by atoms with van der Waals surface area (Å²) < 4.78 is 1.33. The highest BCUT2D eigenvalue weighted by molar-refractivity contribution is 5.93. The smallest absolute Gasteiger partial charge is 0.270 e. The minimum atomic E-state index is -0.471. The number of aliphatic hydroxyl groups excluding tert-OH is 1. The summed E-state index contributed by atoms with van der Waals surface area (Å²) in [6, 6.07) is 5.18. The Morgan fingerprint density at radius 2 is 2.33 bits per heavy atom. The first-order valence-electron chi connectivity index (χ1n) is 6.80. The first kappa shape index (κ1) is 13.7. The fraction of sp³-hybridized carbons (Fsp3) is 0.357. The minimum absolute atomic E-state index is 0.000791. The zero-order chi connectivity index (χ0) is 14.8. The van der Waals surface area contributed by atoms with E-state index in [4.69, 9.17) is 0 Å². The number of fused-ring (bicyclic) bond motifs is 1. The lowest BCUT2D eigenvalue weighted by Gasteiger charge is -2.13. The molecule has 3 rings (SSSR count). The molecule has 1 amide bonds. The number of pyridine rings is 1. The quantitative estimate of drug-likeness (QED) is 0.673. The molecule has 3 heterocycles. The van der Waals surface area contributed by atoms with Gasteiger partial charge in [-0.05, 0) is 12.1 Å². The van der Waals surface area contributed by atoms with E-state index in [9.17, 15) is 14.7 Å². The molecular formula is C14H16N4O3. The van der Waals surface area contributed by atoms with Crippen LogP contribution in [-0.4, -0.2) is 46.1 Å². The average Bonchev–Trinajstić information content (AvgIpc) is 2.91. The number of nitrogens with one attached hydrogen (secondary N) is 2. The molecule has 110 valence electrons. The van der Waals surface area contributed by atoms with Crippen LogP contribution >= 0.6 is 0 Å². The van der Waals surface area contributed by atoms with Crippen molar-refractivity contribution in [1.29, 1.82) is 0 Å². The highest BCUT2D eigenvalue weighted by Crippen LogP contribution is 2.07. The minimum Gasteiger partial charge on any atom is -0.391 e.